The van der Waals surface area contributed by atoms with E-state index < -0.39 is 0 Å². The fourth-order valence-electron chi connectivity index (χ4n) is 2.11. The molecule has 0 aliphatic heterocycles. The Kier molecular flexibility index (Phi) is 4.03. The van der Waals surface area contributed by atoms with Gasteiger partial charge in [0.25, 0.3) is 0 Å². The second kappa shape index (κ2) is 5.73. The molecule has 0 unspecified atom stereocenters. The van der Waals surface area contributed by atoms with Gasteiger partial charge in [0.2, 0.25) is 5.88 Å². The zero-order valence-electron chi connectivity index (χ0n) is 9.91. The molecule has 1 N–H and O–H groups in total. The standard InChI is InChI=1S/C13H20N2O/c1-2-14-12-9-6-10-13(15-12)16-11-7-4-3-5-8-11/h6,9-11H,2-5,7-8H2,1H3,(H,14,15). The van der Waals surface area contributed by atoms with Crippen molar-refractivity contribution >= 4 is 5.82 Å². The SMILES string of the molecule is CCNc1cccc(OC2CCCCC2)n1. The fraction of sp³-hybridized carbons (Fsp3) is 0.615. The second-order valence-electron chi connectivity index (χ2n) is 4.27. The fourth-order valence-corrected chi connectivity index (χ4v) is 2.11. The lowest BCUT2D eigenvalue weighted by molar-refractivity contribution is 0.149. The van der Waals surface area contributed by atoms with E-state index in [-0.39, 0.29) is 0 Å². The number of nitrogens with one attached hydrogen (secondary N) is 1. The van der Waals surface area contributed by atoms with Crippen molar-refractivity contribution in [3.05, 3.63) is 18.2 Å². The zero-order valence-corrected chi connectivity index (χ0v) is 9.91. The second-order valence-corrected chi connectivity index (χ2v) is 4.27. The summed E-state index contributed by atoms with van der Waals surface area (Å²) in [5.41, 5.74) is 0. The third-order valence-electron chi connectivity index (χ3n) is 2.92. The third kappa shape index (κ3) is 3.12. The molecule has 88 valence electrons. The van der Waals surface area contributed by atoms with E-state index in [1.165, 1.54) is 32.1 Å². The van der Waals surface area contributed by atoms with Crippen LogP contribution in [0.15, 0.2) is 18.2 Å². The molecule has 0 saturated heterocycles. The molecule has 0 bridgehead atoms. The van der Waals surface area contributed by atoms with Crippen LogP contribution in [0.25, 0.3) is 0 Å². The summed E-state index contributed by atoms with van der Waals surface area (Å²) in [6, 6.07) is 5.90. The smallest absolute Gasteiger partial charge is 0.215 e. The summed E-state index contributed by atoms with van der Waals surface area (Å²) in [7, 11) is 0. The molecule has 16 heavy (non-hydrogen) atoms. The van der Waals surface area contributed by atoms with Crippen LogP contribution in [-0.4, -0.2) is 17.6 Å². The Bertz CT molecular complexity index is 321. The van der Waals surface area contributed by atoms with Crippen molar-refractivity contribution in [2.75, 3.05) is 11.9 Å². The lowest BCUT2D eigenvalue weighted by Crippen LogP contribution is -2.20. The van der Waals surface area contributed by atoms with Crippen LogP contribution in [0.4, 0.5) is 5.82 Å². The quantitative estimate of drug-likeness (QED) is 0.846. The van der Waals surface area contributed by atoms with Crippen LogP contribution in [0.3, 0.4) is 0 Å². The Morgan fingerprint density at radius 2 is 2.12 bits per heavy atom. The molecular weight excluding hydrogens is 200 g/mol. The number of aromatic nitrogens is 1. The predicted octanol–water partition coefficient (Wildman–Crippen LogP) is 3.22. The number of anilines is 1. The van der Waals surface area contributed by atoms with Gasteiger partial charge in [-0.3, -0.25) is 0 Å². The Labute approximate surface area is 97.2 Å². The number of nitrogens with zero attached hydrogens (tertiary/aromatic N) is 1. The van der Waals surface area contributed by atoms with Gasteiger partial charge in [-0.1, -0.05) is 12.5 Å². The molecule has 0 amide bonds. The summed E-state index contributed by atoms with van der Waals surface area (Å²) in [4.78, 5) is 4.42. The molecule has 1 aliphatic rings. The largest absolute Gasteiger partial charge is 0.474 e. The van der Waals surface area contributed by atoms with Crippen LogP contribution in [0.1, 0.15) is 39.0 Å². The predicted molar refractivity (Wildman–Crippen MR) is 65.9 cm³/mol. The molecule has 0 radical (unpaired) electrons. The molecule has 1 saturated carbocycles. The molecule has 0 spiro atoms. The van der Waals surface area contributed by atoms with Gasteiger partial charge in [-0.25, -0.2) is 0 Å². The molecule has 3 heteroatoms. The van der Waals surface area contributed by atoms with E-state index in [0.29, 0.717) is 6.10 Å². The first-order chi connectivity index (χ1) is 7.88. The summed E-state index contributed by atoms with van der Waals surface area (Å²) in [5, 5.41) is 3.19. The van der Waals surface area contributed by atoms with E-state index >= 15 is 0 Å². The normalized spacial score (nSPS) is 17.1. The number of pyridine rings is 1. The Balaban J connectivity index is 1.94. The molecule has 1 aromatic heterocycles. The number of hydrogen-bond donors (Lipinski definition) is 1. The van der Waals surface area contributed by atoms with Crippen molar-refractivity contribution in [3.63, 3.8) is 0 Å². The summed E-state index contributed by atoms with van der Waals surface area (Å²) >= 11 is 0. The molecule has 3 nitrogen and oxygen atoms in total. The number of ether oxygens (including phenoxy) is 1. The van der Waals surface area contributed by atoms with Gasteiger partial charge in [-0.05, 0) is 38.7 Å². The molecule has 2 rings (SSSR count). The summed E-state index contributed by atoms with van der Waals surface area (Å²) in [5.74, 6) is 1.65. The van der Waals surface area contributed by atoms with Crippen molar-refractivity contribution in [1.29, 1.82) is 0 Å². The molecule has 1 heterocycles. The average Bonchev–Trinajstić information content (AvgIpc) is 2.31. The molecular formula is C13H20N2O. The summed E-state index contributed by atoms with van der Waals surface area (Å²) in [6.45, 7) is 2.95. The number of hydrogen-bond acceptors (Lipinski definition) is 3. The highest BCUT2D eigenvalue weighted by Gasteiger charge is 2.15. The van der Waals surface area contributed by atoms with Crippen LogP contribution >= 0.6 is 0 Å². The monoisotopic (exact) mass is 220 g/mol. The minimum Gasteiger partial charge on any atom is -0.474 e. The van der Waals surface area contributed by atoms with Crippen molar-refractivity contribution < 1.29 is 4.74 Å². The van der Waals surface area contributed by atoms with Crippen LogP contribution in [-0.2, 0) is 0 Å². The van der Waals surface area contributed by atoms with Gasteiger partial charge in [0.15, 0.2) is 0 Å². The average molecular weight is 220 g/mol. The van der Waals surface area contributed by atoms with Crippen LogP contribution in [0.5, 0.6) is 5.88 Å². The maximum Gasteiger partial charge on any atom is 0.215 e. The Morgan fingerprint density at radius 3 is 2.88 bits per heavy atom. The van der Waals surface area contributed by atoms with E-state index in [4.69, 9.17) is 4.74 Å². The van der Waals surface area contributed by atoms with E-state index in [1.807, 2.05) is 18.2 Å². The van der Waals surface area contributed by atoms with Crippen LogP contribution in [0, 0.1) is 0 Å². The van der Waals surface area contributed by atoms with Gasteiger partial charge < -0.3 is 10.1 Å². The molecule has 0 atom stereocenters. The van der Waals surface area contributed by atoms with Crippen molar-refractivity contribution in [1.82, 2.24) is 4.98 Å². The minimum absolute atomic E-state index is 0.373. The summed E-state index contributed by atoms with van der Waals surface area (Å²) < 4.78 is 5.89. The zero-order chi connectivity index (χ0) is 11.2. The molecule has 1 aromatic rings. The van der Waals surface area contributed by atoms with Crippen molar-refractivity contribution in [2.24, 2.45) is 0 Å². The topological polar surface area (TPSA) is 34.1 Å². The minimum atomic E-state index is 0.373. The lowest BCUT2D eigenvalue weighted by atomic mass is 9.98. The molecule has 1 fully saturated rings. The van der Waals surface area contributed by atoms with E-state index in [9.17, 15) is 0 Å². The van der Waals surface area contributed by atoms with E-state index in [2.05, 4.69) is 17.2 Å². The molecule has 1 aliphatic carbocycles. The maximum atomic E-state index is 5.89. The highest BCUT2D eigenvalue weighted by molar-refractivity contribution is 5.36. The summed E-state index contributed by atoms with van der Waals surface area (Å²) in [6.07, 6.45) is 6.65. The van der Waals surface area contributed by atoms with Crippen LogP contribution < -0.4 is 10.1 Å². The first kappa shape index (κ1) is 11.2. The van der Waals surface area contributed by atoms with Gasteiger partial charge in [0, 0.05) is 12.6 Å². The highest BCUT2D eigenvalue weighted by atomic mass is 16.5. The van der Waals surface area contributed by atoms with Gasteiger partial charge in [-0.15, -0.1) is 0 Å². The van der Waals surface area contributed by atoms with Gasteiger partial charge in [0.1, 0.15) is 11.9 Å². The highest BCUT2D eigenvalue weighted by Crippen LogP contribution is 2.22. The Hall–Kier alpha value is -1.25. The van der Waals surface area contributed by atoms with Gasteiger partial charge in [0.05, 0.1) is 0 Å². The van der Waals surface area contributed by atoms with Crippen molar-refractivity contribution in [3.8, 4) is 5.88 Å². The lowest BCUT2D eigenvalue weighted by Gasteiger charge is -2.22. The van der Waals surface area contributed by atoms with E-state index in [1.54, 1.807) is 0 Å². The van der Waals surface area contributed by atoms with Gasteiger partial charge >= 0.3 is 0 Å². The van der Waals surface area contributed by atoms with Gasteiger partial charge in [-0.2, -0.15) is 4.98 Å². The molecule has 0 aromatic carbocycles. The Morgan fingerprint density at radius 1 is 1.31 bits per heavy atom. The first-order valence-corrected chi connectivity index (χ1v) is 6.26. The van der Waals surface area contributed by atoms with Crippen LogP contribution in [0.2, 0.25) is 0 Å². The van der Waals surface area contributed by atoms with Crippen molar-refractivity contribution in [2.45, 2.75) is 45.1 Å². The third-order valence-corrected chi connectivity index (χ3v) is 2.92. The first-order valence-electron chi connectivity index (χ1n) is 6.26. The van der Waals surface area contributed by atoms with E-state index in [0.717, 1.165) is 18.2 Å². The number of rotatable bonds is 4. The maximum absolute atomic E-state index is 5.89.